The van der Waals surface area contributed by atoms with E-state index < -0.39 is 17.3 Å². The normalized spacial score (nSPS) is 22.1. The number of amides is 1. The highest BCUT2D eigenvalue weighted by Gasteiger charge is 2.48. The lowest BCUT2D eigenvalue weighted by Crippen LogP contribution is -2.35. The second kappa shape index (κ2) is 4.92. The van der Waals surface area contributed by atoms with Gasteiger partial charge in [0.05, 0.1) is 0 Å². The van der Waals surface area contributed by atoms with E-state index in [1.54, 1.807) is 13.1 Å². The molecule has 0 saturated carbocycles. The fraction of sp³-hybridized carbons (Fsp3) is 0.286. The van der Waals surface area contributed by atoms with Gasteiger partial charge in [0.15, 0.2) is 5.76 Å². The van der Waals surface area contributed by atoms with E-state index in [0.29, 0.717) is 22.3 Å². The molecule has 2 aromatic rings. The van der Waals surface area contributed by atoms with E-state index in [2.05, 4.69) is 21.1 Å². The summed E-state index contributed by atoms with van der Waals surface area (Å²) in [6.45, 7) is 0.441. The molecular weight excluding hydrogens is 343 g/mol. The van der Waals surface area contributed by atoms with Gasteiger partial charge in [0, 0.05) is 36.1 Å². The van der Waals surface area contributed by atoms with Crippen molar-refractivity contribution in [3.8, 4) is 11.3 Å². The molecule has 2 heterocycles. The zero-order valence-corrected chi connectivity index (χ0v) is 12.7. The van der Waals surface area contributed by atoms with E-state index in [0.717, 1.165) is 0 Å². The van der Waals surface area contributed by atoms with Crippen LogP contribution in [-0.4, -0.2) is 34.7 Å². The van der Waals surface area contributed by atoms with E-state index in [4.69, 9.17) is 4.52 Å². The van der Waals surface area contributed by atoms with Gasteiger partial charge in [-0.15, -0.1) is 0 Å². The monoisotopic (exact) mass is 354 g/mol. The average Bonchev–Trinajstić information content (AvgIpc) is 3.00. The summed E-state index contributed by atoms with van der Waals surface area (Å²) >= 11 is 3.20. The Morgan fingerprint density at radius 1 is 1.43 bits per heavy atom. The minimum Gasteiger partial charge on any atom is -0.373 e. The molecule has 21 heavy (non-hydrogen) atoms. The molecule has 0 spiro atoms. The van der Waals surface area contributed by atoms with Gasteiger partial charge in [-0.3, -0.25) is 4.79 Å². The van der Waals surface area contributed by atoms with Crippen molar-refractivity contribution in [1.82, 2.24) is 10.1 Å². The predicted molar refractivity (Wildman–Crippen MR) is 75.7 cm³/mol. The summed E-state index contributed by atoms with van der Waals surface area (Å²) in [5, 5.41) is 14.3. The lowest BCUT2D eigenvalue weighted by atomic mass is 9.98. The molecule has 1 saturated heterocycles. The fourth-order valence-electron chi connectivity index (χ4n) is 2.39. The highest BCUT2D eigenvalue weighted by Crippen LogP contribution is 2.35. The summed E-state index contributed by atoms with van der Waals surface area (Å²) in [6, 6.07) is 5.78. The Morgan fingerprint density at radius 2 is 2.19 bits per heavy atom. The topological polar surface area (TPSA) is 66.6 Å². The van der Waals surface area contributed by atoms with Crippen LogP contribution in [0.5, 0.6) is 0 Å². The van der Waals surface area contributed by atoms with Gasteiger partial charge in [0.25, 0.3) is 5.91 Å². The SMILES string of the molecule is CN1CCC(O)(c2cc(-c3cc(F)cc(Br)c3)no2)C1=O. The number of aliphatic hydroxyl groups is 1. The van der Waals surface area contributed by atoms with Gasteiger partial charge in [0.1, 0.15) is 11.5 Å². The molecule has 7 heteroatoms. The number of likely N-dealkylation sites (N-methyl/N-ethyl adjacent to an activating group) is 1. The first kappa shape index (κ1) is 14.2. The minimum atomic E-state index is -1.69. The predicted octanol–water partition coefficient (Wildman–Crippen LogP) is 2.29. The molecular formula is C14H12BrFN2O3. The maximum absolute atomic E-state index is 13.4. The number of aromatic nitrogens is 1. The quantitative estimate of drug-likeness (QED) is 0.898. The van der Waals surface area contributed by atoms with Crippen LogP contribution in [0.25, 0.3) is 11.3 Å². The third-order valence-electron chi connectivity index (χ3n) is 3.59. The van der Waals surface area contributed by atoms with Crippen LogP contribution in [-0.2, 0) is 10.4 Å². The Hall–Kier alpha value is -1.73. The summed E-state index contributed by atoms with van der Waals surface area (Å²) in [6.07, 6.45) is 0.240. The molecule has 110 valence electrons. The number of nitrogens with zero attached hydrogens (tertiary/aromatic N) is 2. The molecule has 1 N–H and O–H groups in total. The van der Waals surface area contributed by atoms with E-state index >= 15 is 0 Å². The second-order valence-electron chi connectivity index (χ2n) is 5.07. The molecule has 1 unspecified atom stereocenters. The van der Waals surface area contributed by atoms with Crippen LogP contribution in [0.1, 0.15) is 12.2 Å². The number of hydrogen-bond donors (Lipinski definition) is 1. The Balaban J connectivity index is 1.99. The van der Waals surface area contributed by atoms with Crippen LogP contribution in [0.2, 0.25) is 0 Å². The molecule has 1 fully saturated rings. The van der Waals surface area contributed by atoms with Gasteiger partial charge in [-0.05, 0) is 18.2 Å². The number of benzene rings is 1. The first-order chi connectivity index (χ1) is 9.90. The number of carbonyl (C=O) groups excluding carboxylic acids is 1. The van der Waals surface area contributed by atoms with Crippen molar-refractivity contribution < 1.29 is 18.8 Å². The van der Waals surface area contributed by atoms with Gasteiger partial charge in [0.2, 0.25) is 5.60 Å². The van der Waals surface area contributed by atoms with Crippen molar-refractivity contribution in [3.63, 3.8) is 0 Å². The Labute approximate surface area is 128 Å². The summed E-state index contributed by atoms with van der Waals surface area (Å²) in [5.41, 5.74) is -0.829. The Kier molecular flexibility index (Phi) is 3.33. The highest BCUT2D eigenvalue weighted by atomic mass is 79.9. The molecule has 0 bridgehead atoms. The maximum Gasteiger partial charge on any atom is 0.262 e. The van der Waals surface area contributed by atoms with Gasteiger partial charge < -0.3 is 14.5 Å². The highest BCUT2D eigenvalue weighted by molar-refractivity contribution is 9.10. The largest absolute Gasteiger partial charge is 0.373 e. The van der Waals surface area contributed by atoms with E-state index in [-0.39, 0.29) is 12.2 Å². The van der Waals surface area contributed by atoms with Crippen molar-refractivity contribution in [2.75, 3.05) is 13.6 Å². The van der Waals surface area contributed by atoms with Crippen LogP contribution in [0.4, 0.5) is 4.39 Å². The summed E-state index contributed by atoms with van der Waals surface area (Å²) in [4.78, 5) is 13.4. The summed E-state index contributed by atoms with van der Waals surface area (Å²) < 4.78 is 19.1. The van der Waals surface area contributed by atoms with Crippen LogP contribution < -0.4 is 0 Å². The fourth-order valence-corrected chi connectivity index (χ4v) is 2.86. The maximum atomic E-state index is 13.4. The first-order valence-electron chi connectivity index (χ1n) is 6.32. The van der Waals surface area contributed by atoms with Crippen LogP contribution >= 0.6 is 15.9 Å². The number of halogens is 2. The van der Waals surface area contributed by atoms with Gasteiger partial charge >= 0.3 is 0 Å². The molecule has 0 aliphatic carbocycles. The summed E-state index contributed by atoms with van der Waals surface area (Å²) in [7, 11) is 1.61. The van der Waals surface area contributed by atoms with Gasteiger partial charge in [-0.2, -0.15) is 0 Å². The van der Waals surface area contributed by atoms with Crippen molar-refractivity contribution in [2.45, 2.75) is 12.0 Å². The average molecular weight is 355 g/mol. The van der Waals surface area contributed by atoms with Crippen molar-refractivity contribution in [3.05, 3.63) is 40.3 Å². The van der Waals surface area contributed by atoms with Crippen molar-refractivity contribution in [1.29, 1.82) is 0 Å². The second-order valence-corrected chi connectivity index (χ2v) is 5.99. The standard InChI is InChI=1S/C14H12BrFN2O3/c1-18-3-2-14(20,13(18)19)12-7-11(17-21-12)8-4-9(15)6-10(16)5-8/h4-7,20H,2-3H2,1H3. The zero-order chi connectivity index (χ0) is 15.2. The van der Waals surface area contributed by atoms with Gasteiger partial charge in [-0.25, -0.2) is 4.39 Å². The lowest BCUT2D eigenvalue weighted by Gasteiger charge is -2.16. The Bertz CT molecular complexity index is 698. The van der Waals surface area contributed by atoms with Crippen LogP contribution in [0, 0.1) is 5.82 Å². The number of rotatable bonds is 2. The first-order valence-corrected chi connectivity index (χ1v) is 7.11. The van der Waals surface area contributed by atoms with Crippen molar-refractivity contribution in [2.24, 2.45) is 0 Å². The summed E-state index contributed by atoms with van der Waals surface area (Å²) in [5.74, 6) is -0.767. The lowest BCUT2D eigenvalue weighted by molar-refractivity contribution is -0.144. The molecule has 1 aromatic heterocycles. The van der Waals surface area contributed by atoms with Gasteiger partial charge in [-0.1, -0.05) is 21.1 Å². The zero-order valence-electron chi connectivity index (χ0n) is 11.1. The molecule has 1 atom stereocenters. The smallest absolute Gasteiger partial charge is 0.262 e. The number of likely N-dealkylation sites (tertiary alicyclic amines) is 1. The van der Waals surface area contributed by atoms with E-state index in [1.165, 1.54) is 23.1 Å². The van der Waals surface area contributed by atoms with Crippen LogP contribution in [0.15, 0.2) is 33.3 Å². The molecule has 3 rings (SSSR count). The molecule has 1 aromatic carbocycles. The molecule has 0 radical (unpaired) electrons. The molecule has 5 nitrogen and oxygen atoms in total. The van der Waals surface area contributed by atoms with Crippen molar-refractivity contribution >= 4 is 21.8 Å². The van der Waals surface area contributed by atoms with E-state index in [1.807, 2.05) is 0 Å². The molecule has 1 aliphatic rings. The van der Waals surface area contributed by atoms with E-state index in [9.17, 15) is 14.3 Å². The van der Waals surface area contributed by atoms with Crippen LogP contribution in [0.3, 0.4) is 0 Å². The third kappa shape index (κ3) is 2.36. The third-order valence-corrected chi connectivity index (χ3v) is 4.04. The Morgan fingerprint density at radius 3 is 2.81 bits per heavy atom. The molecule has 1 aliphatic heterocycles. The molecule has 1 amide bonds. The minimum absolute atomic E-state index is 0.0761. The number of carbonyl (C=O) groups is 1. The number of hydrogen-bond acceptors (Lipinski definition) is 4.